The zero-order valence-corrected chi connectivity index (χ0v) is 15.6. The summed E-state index contributed by atoms with van der Waals surface area (Å²) in [6.07, 6.45) is 4.39. The molecule has 1 aliphatic heterocycles. The maximum absolute atomic E-state index is 5.12. The first-order valence-electron chi connectivity index (χ1n) is 6.87. The smallest absolute Gasteiger partial charge is 0.213 e. The van der Waals surface area contributed by atoms with Gasteiger partial charge in [-0.25, -0.2) is 4.98 Å². The zero-order chi connectivity index (χ0) is 14.2. The number of aromatic nitrogens is 1. The van der Waals surface area contributed by atoms with Crippen LogP contribution in [0, 0.1) is 0 Å². The number of hydrogen-bond acceptors (Lipinski definition) is 4. The predicted octanol–water partition coefficient (Wildman–Crippen LogP) is 2.27. The molecular weight excluding hydrogens is 399 g/mol. The van der Waals surface area contributed by atoms with Gasteiger partial charge in [0.05, 0.1) is 7.11 Å². The summed E-state index contributed by atoms with van der Waals surface area (Å²) in [5.74, 6) is 2.76. The van der Waals surface area contributed by atoms with Crippen LogP contribution in [0.1, 0.15) is 18.4 Å². The standard InChI is InChI=1S/C14H22N4OS.HI/c1-15-14(18-10-12-4-3-7-20-12)17-9-11-5-6-16-13(8-11)19-2;/h5-6,8,12H,3-4,7,9-10H2,1-2H3,(H2,15,17,18);1H. The summed E-state index contributed by atoms with van der Waals surface area (Å²) in [4.78, 5) is 8.34. The summed E-state index contributed by atoms with van der Waals surface area (Å²) in [6.45, 7) is 1.68. The molecule has 5 nitrogen and oxygen atoms in total. The van der Waals surface area contributed by atoms with Gasteiger partial charge in [-0.05, 0) is 30.2 Å². The number of methoxy groups -OCH3 is 1. The lowest BCUT2D eigenvalue weighted by Gasteiger charge is -2.15. The average Bonchev–Trinajstić information content (AvgIpc) is 3.01. The second-order valence-electron chi connectivity index (χ2n) is 4.65. The molecule has 0 radical (unpaired) electrons. The van der Waals surface area contributed by atoms with Crippen LogP contribution in [0.2, 0.25) is 0 Å². The quantitative estimate of drug-likeness (QED) is 0.433. The number of rotatable bonds is 5. The van der Waals surface area contributed by atoms with Gasteiger partial charge in [-0.1, -0.05) is 0 Å². The average molecular weight is 422 g/mol. The van der Waals surface area contributed by atoms with Gasteiger partial charge in [-0.15, -0.1) is 24.0 Å². The molecule has 1 aromatic heterocycles. The molecule has 0 spiro atoms. The van der Waals surface area contributed by atoms with Gasteiger partial charge in [0, 0.05) is 37.7 Å². The number of halogens is 1. The maximum Gasteiger partial charge on any atom is 0.213 e. The number of thioether (sulfide) groups is 1. The van der Waals surface area contributed by atoms with Crippen LogP contribution in [-0.4, -0.2) is 42.6 Å². The van der Waals surface area contributed by atoms with Gasteiger partial charge < -0.3 is 15.4 Å². The Morgan fingerprint density at radius 1 is 1.52 bits per heavy atom. The van der Waals surface area contributed by atoms with E-state index in [9.17, 15) is 0 Å². The molecule has 1 atom stereocenters. The van der Waals surface area contributed by atoms with Crippen molar-refractivity contribution >= 4 is 41.7 Å². The molecule has 0 amide bonds. The summed E-state index contributed by atoms with van der Waals surface area (Å²) in [7, 11) is 3.42. The van der Waals surface area contributed by atoms with Crippen molar-refractivity contribution in [1.29, 1.82) is 0 Å². The van der Waals surface area contributed by atoms with Gasteiger partial charge in [0.25, 0.3) is 0 Å². The normalized spacial score (nSPS) is 18.0. The van der Waals surface area contributed by atoms with E-state index in [0.717, 1.165) is 23.3 Å². The van der Waals surface area contributed by atoms with Gasteiger partial charge in [0.15, 0.2) is 5.96 Å². The lowest BCUT2D eigenvalue weighted by atomic mass is 10.2. The van der Waals surface area contributed by atoms with E-state index in [2.05, 4.69) is 20.6 Å². The molecule has 21 heavy (non-hydrogen) atoms. The van der Waals surface area contributed by atoms with Crippen LogP contribution < -0.4 is 15.4 Å². The third-order valence-corrected chi connectivity index (χ3v) is 4.61. The number of nitrogens with zero attached hydrogens (tertiary/aromatic N) is 2. The SMILES string of the molecule is CN=C(NCc1ccnc(OC)c1)NCC1CCCS1.I. The van der Waals surface area contributed by atoms with E-state index in [1.807, 2.05) is 23.9 Å². The number of ether oxygens (including phenoxy) is 1. The lowest BCUT2D eigenvalue weighted by Crippen LogP contribution is -2.39. The molecule has 1 fully saturated rings. The fourth-order valence-corrected chi connectivity index (χ4v) is 3.30. The van der Waals surface area contributed by atoms with Crippen LogP contribution in [0.4, 0.5) is 0 Å². The van der Waals surface area contributed by atoms with Gasteiger partial charge in [0.2, 0.25) is 5.88 Å². The highest BCUT2D eigenvalue weighted by Crippen LogP contribution is 2.25. The highest BCUT2D eigenvalue weighted by molar-refractivity contribution is 14.0. The topological polar surface area (TPSA) is 58.5 Å². The molecule has 1 saturated heterocycles. The van der Waals surface area contributed by atoms with Crippen molar-refractivity contribution in [3.05, 3.63) is 23.9 Å². The summed E-state index contributed by atoms with van der Waals surface area (Å²) in [5, 5.41) is 7.41. The molecule has 1 aliphatic rings. The summed E-state index contributed by atoms with van der Waals surface area (Å²) in [5.41, 5.74) is 1.12. The van der Waals surface area contributed by atoms with Crippen molar-refractivity contribution in [3.63, 3.8) is 0 Å². The highest BCUT2D eigenvalue weighted by Gasteiger charge is 2.15. The summed E-state index contributed by atoms with van der Waals surface area (Å²) < 4.78 is 5.12. The number of pyridine rings is 1. The van der Waals surface area contributed by atoms with Crippen molar-refractivity contribution in [2.75, 3.05) is 26.5 Å². The van der Waals surface area contributed by atoms with Crippen molar-refractivity contribution in [3.8, 4) is 5.88 Å². The van der Waals surface area contributed by atoms with E-state index in [4.69, 9.17) is 4.74 Å². The molecule has 0 aromatic carbocycles. The van der Waals surface area contributed by atoms with Gasteiger partial charge in [-0.3, -0.25) is 4.99 Å². The first kappa shape index (κ1) is 18.3. The van der Waals surface area contributed by atoms with E-state index >= 15 is 0 Å². The Bertz CT molecular complexity index is 452. The lowest BCUT2D eigenvalue weighted by molar-refractivity contribution is 0.397. The molecular formula is C14H23IN4OS. The number of guanidine groups is 1. The number of hydrogen-bond donors (Lipinski definition) is 2. The van der Waals surface area contributed by atoms with E-state index in [-0.39, 0.29) is 24.0 Å². The first-order valence-corrected chi connectivity index (χ1v) is 7.91. The summed E-state index contributed by atoms with van der Waals surface area (Å²) >= 11 is 2.04. The Morgan fingerprint density at radius 3 is 3.05 bits per heavy atom. The molecule has 7 heteroatoms. The van der Waals surface area contributed by atoms with E-state index in [1.165, 1.54) is 18.6 Å². The maximum atomic E-state index is 5.12. The molecule has 2 N–H and O–H groups in total. The minimum Gasteiger partial charge on any atom is -0.481 e. The van der Waals surface area contributed by atoms with Crippen LogP contribution in [0.5, 0.6) is 5.88 Å². The van der Waals surface area contributed by atoms with E-state index < -0.39 is 0 Å². The minimum atomic E-state index is 0. The van der Waals surface area contributed by atoms with Gasteiger partial charge in [-0.2, -0.15) is 11.8 Å². The van der Waals surface area contributed by atoms with E-state index in [1.54, 1.807) is 20.4 Å². The highest BCUT2D eigenvalue weighted by atomic mass is 127. The predicted molar refractivity (Wildman–Crippen MR) is 99.9 cm³/mol. The van der Waals surface area contributed by atoms with Crippen LogP contribution in [0.25, 0.3) is 0 Å². The van der Waals surface area contributed by atoms with E-state index in [0.29, 0.717) is 12.4 Å². The number of nitrogens with one attached hydrogen (secondary N) is 2. The first-order chi connectivity index (χ1) is 9.81. The molecule has 1 aromatic rings. The number of aliphatic imine (C=N–C) groups is 1. The Balaban J connectivity index is 0.00000220. The molecule has 0 saturated carbocycles. The third-order valence-electron chi connectivity index (χ3n) is 3.21. The summed E-state index contributed by atoms with van der Waals surface area (Å²) in [6, 6.07) is 3.89. The van der Waals surface area contributed by atoms with Crippen LogP contribution >= 0.6 is 35.7 Å². The molecule has 2 heterocycles. The fraction of sp³-hybridized carbons (Fsp3) is 0.571. The third kappa shape index (κ3) is 6.29. The fourth-order valence-electron chi connectivity index (χ4n) is 2.09. The Morgan fingerprint density at radius 2 is 2.38 bits per heavy atom. The molecule has 1 unspecified atom stereocenters. The molecule has 2 rings (SSSR count). The second kappa shape index (κ2) is 10.1. The molecule has 0 aliphatic carbocycles. The van der Waals surface area contributed by atoms with Crippen molar-refractivity contribution in [2.24, 2.45) is 4.99 Å². The van der Waals surface area contributed by atoms with Crippen molar-refractivity contribution < 1.29 is 4.74 Å². The van der Waals surface area contributed by atoms with Gasteiger partial charge >= 0.3 is 0 Å². The Labute approximate surface area is 147 Å². The van der Waals surface area contributed by atoms with Crippen molar-refractivity contribution in [1.82, 2.24) is 15.6 Å². The van der Waals surface area contributed by atoms with Crippen LogP contribution in [0.3, 0.4) is 0 Å². The largest absolute Gasteiger partial charge is 0.481 e. The zero-order valence-electron chi connectivity index (χ0n) is 12.5. The van der Waals surface area contributed by atoms with Crippen LogP contribution in [-0.2, 0) is 6.54 Å². The Hall–Kier alpha value is -0.700. The van der Waals surface area contributed by atoms with Crippen LogP contribution in [0.15, 0.2) is 23.3 Å². The van der Waals surface area contributed by atoms with Crippen molar-refractivity contribution in [2.45, 2.75) is 24.6 Å². The van der Waals surface area contributed by atoms with Gasteiger partial charge in [0.1, 0.15) is 0 Å². The molecule has 118 valence electrons. The second-order valence-corrected chi connectivity index (χ2v) is 6.06. The minimum absolute atomic E-state index is 0. The molecule has 0 bridgehead atoms. The monoisotopic (exact) mass is 422 g/mol. The Kier molecular flexibility index (Phi) is 8.82.